The Balaban J connectivity index is 2.28. The van der Waals surface area contributed by atoms with E-state index in [1.807, 2.05) is 43.3 Å². The topological polar surface area (TPSA) is 65.8 Å². The zero-order chi connectivity index (χ0) is 13.0. The van der Waals surface area contributed by atoms with E-state index >= 15 is 0 Å². The molecule has 0 spiro atoms. The molecule has 1 aromatic rings. The van der Waals surface area contributed by atoms with Crippen molar-refractivity contribution in [3.8, 4) is 0 Å². The van der Waals surface area contributed by atoms with Crippen LogP contribution in [-0.2, 0) is 4.79 Å². The van der Waals surface area contributed by atoms with Gasteiger partial charge in [0.25, 0.3) is 0 Å². The minimum atomic E-state index is -0.469. The first-order chi connectivity index (χ1) is 8.63. The predicted molar refractivity (Wildman–Crippen MR) is 70.8 cm³/mol. The summed E-state index contributed by atoms with van der Waals surface area (Å²) in [5.41, 5.74) is 9.87. The minimum absolute atomic E-state index is 0.157. The number of azide groups is 1. The van der Waals surface area contributed by atoms with Crippen molar-refractivity contribution in [1.29, 1.82) is 0 Å². The van der Waals surface area contributed by atoms with Gasteiger partial charge in [-0.05, 0) is 35.6 Å². The van der Waals surface area contributed by atoms with Gasteiger partial charge >= 0.3 is 0 Å². The molecular formula is C14H15N3O. The van der Waals surface area contributed by atoms with Crippen LogP contribution in [0.15, 0.2) is 41.0 Å². The number of nitrogens with zero attached hydrogens (tertiary/aromatic N) is 3. The first kappa shape index (κ1) is 12.4. The van der Waals surface area contributed by atoms with E-state index in [2.05, 4.69) is 10.0 Å². The van der Waals surface area contributed by atoms with Crippen LogP contribution in [0.1, 0.15) is 31.7 Å². The molecular weight excluding hydrogens is 226 g/mol. The summed E-state index contributed by atoms with van der Waals surface area (Å²) in [6.45, 7) is 1.90. The second-order valence-electron chi connectivity index (χ2n) is 4.87. The number of rotatable bonds is 2. The summed E-state index contributed by atoms with van der Waals surface area (Å²) in [5, 5.41) is 3.83. The number of hydrogen-bond acceptors (Lipinski definition) is 2. The number of Topliss-reactive ketones (excluding diaryl/α,β-unsaturated/α-hetero) is 1. The smallest absolute Gasteiger partial charge is 0.158 e. The molecule has 0 amide bonds. The lowest BCUT2D eigenvalue weighted by molar-refractivity contribution is -0.117. The highest BCUT2D eigenvalue weighted by molar-refractivity contribution is 6.00. The summed E-state index contributed by atoms with van der Waals surface area (Å²) in [6, 6.07) is 9.73. The fourth-order valence-electron chi connectivity index (χ4n) is 2.22. The molecule has 4 heteroatoms. The molecule has 0 heterocycles. The van der Waals surface area contributed by atoms with Crippen molar-refractivity contribution in [3.05, 3.63) is 51.9 Å². The fourth-order valence-corrected chi connectivity index (χ4v) is 2.22. The number of hydrogen-bond donors (Lipinski definition) is 0. The lowest BCUT2D eigenvalue weighted by Gasteiger charge is -2.29. The molecule has 1 aliphatic rings. The maximum atomic E-state index is 11.9. The fraction of sp³-hybridized carbons (Fsp3) is 0.357. The van der Waals surface area contributed by atoms with Gasteiger partial charge in [-0.1, -0.05) is 42.4 Å². The molecule has 1 fully saturated rings. The Bertz CT molecular complexity index is 529. The van der Waals surface area contributed by atoms with Crippen LogP contribution in [0, 0.1) is 0 Å². The Morgan fingerprint density at radius 1 is 1.39 bits per heavy atom. The Morgan fingerprint density at radius 2 is 2.11 bits per heavy atom. The molecule has 0 aliphatic heterocycles. The van der Waals surface area contributed by atoms with Crippen LogP contribution in [0.4, 0.5) is 0 Å². The van der Waals surface area contributed by atoms with Crippen molar-refractivity contribution in [2.24, 2.45) is 5.11 Å². The number of carbonyl (C=O) groups excluding carboxylic acids is 1. The molecule has 0 radical (unpaired) electrons. The predicted octanol–water partition coefficient (Wildman–Crippen LogP) is 3.89. The van der Waals surface area contributed by atoms with Gasteiger partial charge in [0, 0.05) is 11.3 Å². The van der Waals surface area contributed by atoms with Crippen molar-refractivity contribution in [2.45, 2.75) is 31.7 Å². The highest BCUT2D eigenvalue weighted by Crippen LogP contribution is 2.33. The summed E-state index contributed by atoms with van der Waals surface area (Å²) >= 11 is 0. The van der Waals surface area contributed by atoms with E-state index in [1.165, 1.54) is 0 Å². The van der Waals surface area contributed by atoms with Crippen LogP contribution in [0.5, 0.6) is 0 Å². The van der Waals surface area contributed by atoms with Crippen molar-refractivity contribution in [3.63, 3.8) is 0 Å². The average molecular weight is 241 g/mol. The molecule has 0 saturated heterocycles. The van der Waals surface area contributed by atoms with E-state index in [9.17, 15) is 4.79 Å². The molecule has 4 nitrogen and oxygen atoms in total. The minimum Gasteiger partial charge on any atom is -0.295 e. The van der Waals surface area contributed by atoms with Crippen LogP contribution in [0.2, 0.25) is 0 Å². The molecule has 0 N–H and O–H groups in total. The third-order valence-corrected chi connectivity index (χ3v) is 3.25. The number of carbonyl (C=O) groups is 1. The SMILES string of the molecule is CC1(N=[N+]=[N-])CCC(=O)C(=Cc2ccccc2)C1. The Morgan fingerprint density at radius 3 is 2.78 bits per heavy atom. The molecule has 92 valence electrons. The molecule has 1 saturated carbocycles. The zero-order valence-electron chi connectivity index (χ0n) is 10.3. The summed E-state index contributed by atoms with van der Waals surface area (Å²) in [6.07, 6.45) is 3.49. The van der Waals surface area contributed by atoms with Crippen LogP contribution in [0.3, 0.4) is 0 Å². The maximum Gasteiger partial charge on any atom is 0.158 e. The maximum absolute atomic E-state index is 11.9. The second-order valence-corrected chi connectivity index (χ2v) is 4.87. The third-order valence-electron chi connectivity index (χ3n) is 3.25. The normalized spacial score (nSPS) is 25.8. The van der Waals surface area contributed by atoms with Crippen molar-refractivity contribution in [2.75, 3.05) is 0 Å². The van der Waals surface area contributed by atoms with Gasteiger partial charge in [0.05, 0.1) is 5.54 Å². The lowest BCUT2D eigenvalue weighted by Crippen LogP contribution is -2.30. The van der Waals surface area contributed by atoms with Crippen molar-refractivity contribution < 1.29 is 4.79 Å². The second kappa shape index (κ2) is 5.07. The third kappa shape index (κ3) is 2.79. The Hall–Kier alpha value is -2.06. The highest BCUT2D eigenvalue weighted by Gasteiger charge is 2.32. The molecule has 2 rings (SSSR count). The number of ketones is 1. The summed E-state index contributed by atoms with van der Waals surface area (Å²) in [4.78, 5) is 14.8. The first-order valence-corrected chi connectivity index (χ1v) is 5.98. The molecule has 0 aromatic heterocycles. The Labute approximate surface area is 106 Å². The molecule has 1 atom stereocenters. The first-order valence-electron chi connectivity index (χ1n) is 5.98. The van der Waals surface area contributed by atoms with Crippen LogP contribution >= 0.6 is 0 Å². The molecule has 1 unspecified atom stereocenters. The molecule has 1 aromatic carbocycles. The van der Waals surface area contributed by atoms with Crippen LogP contribution < -0.4 is 0 Å². The van der Waals surface area contributed by atoms with Crippen molar-refractivity contribution in [1.82, 2.24) is 0 Å². The van der Waals surface area contributed by atoms with Gasteiger partial charge in [0.15, 0.2) is 5.78 Å². The van der Waals surface area contributed by atoms with E-state index in [4.69, 9.17) is 5.53 Å². The van der Waals surface area contributed by atoms with E-state index in [0.717, 1.165) is 11.1 Å². The average Bonchev–Trinajstić information content (AvgIpc) is 2.36. The molecule has 0 bridgehead atoms. The monoisotopic (exact) mass is 241 g/mol. The summed E-state index contributed by atoms with van der Waals surface area (Å²) in [7, 11) is 0. The van der Waals surface area contributed by atoms with E-state index < -0.39 is 5.54 Å². The van der Waals surface area contributed by atoms with Gasteiger partial charge in [0.1, 0.15) is 0 Å². The Kier molecular flexibility index (Phi) is 3.49. The summed E-state index contributed by atoms with van der Waals surface area (Å²) in [5.74, 6) is 0.157. The largest absolute Gasteiger partial charge is 0.295 e. The van der Waals surface area contributed by atoms with E-state index in [1.54, 1.807) is 0 Å². The van der Waals surface area contributed by atoms with Gasteiger partial charge in [-0.2, -0.15) is 0 Å². The quantitative estimate of drug-likeness (QED) is 0.335. The van der Waals surface area contributed by atoms with Gasteiger partial charge in [-0.15, -0.1) is 0 Å². The number of benzene rings is 1. The van der Waals surface area contributed by atoms with Gasteiger partial charge < -0.3 is 0 Å². The highest BCUT2D eigenvalue weighted by atomic mass is 16.1. The lowest BCUT2D eigenvalue weighted by atomic mass is 9.79. The van der Waals surface area contributed by atoms with Crippen LogP contribution in [-0.4, -0.2) is 11.3 Å². The van der Waals surface area contributed by atoms with Gasteiger partial charge in [0.2, 0.25) is 0 Å². The zero-order valence-corrected chi connectivity index (χ0v) is 10.3. The van der Waals surface area contributed by atoms with Gasteiger partial charge in [-0.25, -0.2) is 0 Å². The summed E-state index contributed by atoms with van der Waals surface area (Å²) < 4.78 is 0. The van der Waals surface area contributed by atoms with Gasteiger partial charge in [-0.3, -0.25) is 4.79 Å². The molecule has 18 heavy (non-hydrogen) atoms. The standard InChI is InChI=1S/C14H15N3O/c1-14(16-17-15)8-7-13(18)12(10-14)9-11-5-3-2-4-6-11/h2-6,9H,7-8,10H2,1H3. The van der Waals surface area contributed by atoms with Crippen LogP contribution in [0.25, 0.3) is 16.5 Å². The van der Waals surface area contributed by atoms with Crippen molar-refractivity contribution >= 4 is 11.9 Å². The van der Waals surface area contributed by atoms with E-state index in [-0.39, 0.29) is 5.78 Å². The molecule has 1 aliphatic carbocycles. The van der Waals surface area contributed by atoms with E-state index in [0.29, 0.717) is 19.3 Å².